The second-order valence-electron chi connectivity index (χ2n) is 3.25. The number of hydrogen-bond acceptors (Lipinski definition) is 6. The Balaban J connectivity index is 3.47. The van der Waals surface area contributed by atoms with Crippen molar-refractivity contribution in [1.82, 2.24) is 16.0 Å². The van der Waals surface area contributed by atoms with Crippen LogP contribution in [0.4, 0.5) is 9.59 Å². The van der Waals surface area contributed by atoms with E-state index in [9.17, 15) is 14.4 Å². The number of hydrogen-bond donors (Lipinski definition) is 3. The molecule has 0 radical (unpaired) electrons. The average Bonchev–Trinajstić information content (AvgIpc) is 2.38. The predicted molar refractivity (Wildman–Crippen MR) is 64.4 cm³/mol. The van der Waals surface area contributed by atoms with Gasteiger partial charge < -0.3 is 30.2 Å². The van der Waals surface area contributed by atoms with E-state index in [2.05, 4.69) is 20.7 Å². The summed E-state index contributed by atoms with van der Waals surface area (Å²) in [5.74, 6) is -0.360. The van der Waals surface area contributed by atoms with Crippen LogP contribution in [0.2, 0.25) is 0 Å². The molecule has 19 heavy (non-hydrogen) atoms. The van der Waals surface area contributed by atoms with E-state index in [1.807, 2.05) is 0 Å². The summed E-state index contributed by atoms with van der Waals surface area (Å²) in [5, 5.41) is 7.09. The molecule has 110 valence electrons. The highest BCUT2D eigenvalue weighted by molar-refractivity contribution is 5.77. The van der Waals surface area contributed by atoms with E-state index < -0.39 is 12.2 Å². The Kier molecular flexibility index (Phi) is 9.90. The van der Waals surface area contributed by atoms with Crippen molar-refractivity contribution in [1.29, 1.82) is 0 Å². The molecule has 0 aromatic carbocycles. The van der Waals surface area contributed by atoms with Crippen molar-refractivity contribution < 1.29 is 28.6 Å². The Hall–Kier alpha value is -2.03. The number of ether oxygens (including phenoxy) is 3. The normalized spacial score (nSPS) is 9.37. The van der Waals surface area contributed by atoms with E-state index in [0.717, 1.165) is 0 Å². The fraction of sp³-hybridized carbons (Fsp3) is 0.700. The number of rotatable bonds is 8. The van der Waals surface area contributed by atoms with Crippen molar-refractivity contribution in [2.75, 3.05) is 40.6 Å². The zero-order valence-electron chi connectivity index (χ0n) is 11.0. The van der Waals surface area contributed by atoms with Gasteiger partial charge >= 0.3 is 12.2 Å². The summed E-state index contributed by atoms with van der Waals surface area (Å²) < 4.78 is 13.8. The van der Waals surface area contributed by atoms with E-state index in [1.165, 1.54) is 14.2 Å². The van der Waals surface area contributed by atoms with Crippen LogP contribution in [-0.2, 0) is 19.0 Å². The number of carbonyl (C=O) groups is 3. The molecule has 0 heterocycles. The molecule has 0 spiro atoms. The first-order valence-electron chi connectivity index (χ1n) is 5.58. The number of carbonyl (C=O) groups excluding carboxylic acids is 3. The molecule has 0 bridgehead atoms. The fourth-order valence-electron chi connectivity index (χ4n) is 0.918. The Bertz CT molecular complexity index is 297. The standard InChI is InChI=1S/C10H19N3O6/c1-17-6-4-11-10(16)19-5-3-8(14)12-7-13-9(15)18-2/h3-7H2,1-2H3,(H,11,16)(H,12,14)(H,13,15). The highest BCUT2D eigenvalue weighted by atomic mass is 16.5. The maximum atomic E-state index is 11.2. The second-order valence-corrected chi connectivity index (χ2v) is 3.25. The van der Waals surface area contributed by atoms with Gasteiger partial charge in [0.15, 0.2) is 0 Å². The molecule has 0 aliphatic heterocycles. The third-order valence-corrected chi connectivity index (χ3v) is 1.84. The van der Waals surface area contributed by atoms with Crippen molar-refractivity contribution in [3.05, 3.63) is 0 Å². The first kappa shape index (κ1) is 17.0. The number of methoxy groups -OCH3 is 2. The van der Waals surface area contributed by atoms with Crippen LogP contribution in [0.3, 0.4) is 0 Å². The van der Waals surface area contributed by atoms with Gasteiger partial charge in [0, 0.05) is 13.7 Å². The molecule has 0 rings (SSSR count). The third-order valence-electron chi connectivity index (χ3n) is 1.84. The van der Waals surface area contributed by atoms with Gasteiger partial charge in [-0.25, -0.2) is 9.59 Å². The Labute approximate surface area is 110 Å². The molecule has 0 aromatic rings. The fourth-order valence-corrected chi connectivity index (χ4v) is 0.918. The molecule has 0 aliphatic carbocycles. The third kappa shape index (κ3) is 10.8. The zero-order chi connectivity index (χ0) is 14.5. The van der Waals surface area contributed by atoms with E-state index in [0.29, 0.717) is 13.2 Å². The minimum atomic E-state index is -0.644. The van der Waals surface area contributed by atoms with Crippen molar-refractivity contribution in [2.24, 2.45) is 0 Å². The lowest BCUT2D eigenvalue weighted by molar-refractivity contribution is -0.121. The lowest BCUT2D eigenvalue weighted by Crippen LogP contribution is -2.37. The minimum Gasteiger partial charge on any atom is -0.453 e. The van der Waals surface area contributed by atoms with Gasteiger partial charge in [-0.2, -0.15) is 0 Å². The minimum absolute atomic E-state index is 0.000546. The van der Waals surface area contributed by atoms with Crippen LogP contribution >= 0.6 is 0 Å². The molecular formula is C10H19N3O6. The van der Waals surface area contributed by atoms with Gasteiger partial charge in [-0.3, -0.25) is 4.79 Å². The molecule has 9 nitrogen and oxygen atoms in total. The number of alkyl carbamates (subject to hydrolysis) is 2. The van der Waals surface area contributed by atoms with Crippen LogP contribution in [-0.4, -0.2) is 58.7 Å². The molecule has 0 aliphatic rings. The zero-order valence-corrected chi connectivity index (χ0v) is 11.0. The predicted octanol–water partition coefficient (Wildman–Crippen LogP) is -0.821. The van der Waals surface area contributed by atoms with Gasteiger partial charge in [0.1, 0.15) is 6.61 Å². The topological polar surface area (TPSA) is 115 Å². The molecule has 3 N–H and O–H groups in total. The smallest absolute Gasteiger partial charge is 0.408 e. The van der Waals surface area contributed by atoms with Crippen LogP contribution in [0.25, 0.3) is 0 Å². The summed E-state index contributed by atoms with van der Waals surface area (Å²) >= 11 is 0. The first-order valence-corrected chi connectivity index (χ1v) is 5.58. The van der Waals surface area contributed by atoms with E-state index >= 15 is 0 Å². The monoisotopic (exact) mass is 277 g/mol. The van der Waals surface area contributed by atoms with Crippen molar-refractivity contribution in [3.8, 4) is 0 Å². The second kappa shape index (κ2) is 11.1. The van der Waals surface area contributed by atoms with Crippen molar-refractivity contribution in [2.45, 2.75) is 6.42 Å². The summed E-state index contributed by atoms with van der Waals surface area (Å²) in [6.07, 6.45) is -1.26. The van der Waals surface area contributed by atoms with Gasteiger partial charge in [0.05, 0.1) is 26.8 Å². The van der Waals surface area contributed by atoms with Crippen LogP contribution in [0, 0.1) is 0 Å². The van der Waals surface area contributed by atoms with E-state index in [1.54, 1.807) is 0 Å². The number of amides is 3. The Morgan fingerprint density at radius 1 is 0.947 bits per heavy atom. The van der Waals surface area contributed by atoms with E-state index in [4.69, 9.17) is 9.47 Å². The molecule has 0 atom stereocenters. The lowest BCUT2D eigenvalue weighted by atomic mass is 10.4. The maximum absolute atomic E-state index is 11.2. The molecule has 0 unspecified atom stereocenters. The molecule has 0 saturated carbocycles. The first-order chi connectivity index (χ1) is 9.10. The van der Waals surface area contributed by atoms with Gasteiger partial charge in [-0.1, -0.05) is 0 Å². The van der Waals surface area contributed by atoms with Gasteiger partial charge in [-0.05, 0) is 0 Å². The molecule has 0 aromatic heterocycles. The van der Waals surface area contributed by atoms with Gasteiger partial charge in [0.25, 0.3) is 0 Å². The number of nitrogens with one attached hydrogen (secondary N) is 3. The summed E-state index contributed by atoms with van der Waals surface area (Å²) in [6, 6.07) is 0. The van der Waals surface area contributed by atoms with E-state index in [-0.39, 0.29) is 25.6 Å². The Morgan fingerprint density at radius 2 is 1.68 bits per heavy atom. The quantitative estimate of drug-likeness (QED) is 0.394. The SMILES string of the molecule is COCCNC(=O)OCCC(=O)NCNC(=O)OC. The van der Waals surface area contributed by atoms with Crippen LogP contribution < -0.4 is 16.0 Å². The van der Waals surface area contributed by atoms with Crippen LogP contribution in [0.15, 0.2) is 0 Å². The lowest BCUT2D eigenvalue weighted by Gasteiger charge is -2.07. The molecule has 0 fully saturated rings. The van der Waals surface area contributed by atoms with Crippen molar-refractivity contribution in [3.63, 3.8) is 0 Å². The largest absolute Gasteiger partial charge is 0.453 e. The van der Waals surface area contributed by atoms with Crippen molar-refractivity contribution >= 4 is 18.1 Å². The van der Waals surface area contributed by atoms with Gasteiger partial charge in [-0.15, -0.1) is 0 Å². The summed E-state index contributed by atoms with van der Waals surface area (Å²) in [4.78, 5) is 32.9. The highest BCUT2D eigenvalue weighted by Crippen LogP contribution is 1.84. The summed E-state index contributed by atoms with van der Waals surface area (Å²) in [6.45, 7) is 0.619. The van der Waals surface area contributed by atoms with Gasteiger partial charge in [0.2, 0.25) is 5.91 Å². The molecule has 9 heteroatoms. The van der Waals surface area contributed by atoms with Crippen LogP contribution in [0.1, 0.15) is 6.42 Å². The summed E-state index contributed by atoms with van der Waals surface area (Å²) in [5.41, 5.74) is 0. The van der Waals surface area contributed by atoms with Crippen LogP contribution in [0.5, 0.6) is 0 Å². The maximum Gasteiger partial charge on any atom is 0.408 e. The molecule has 3 amide bonds. The summed E-state index contributed by atoms with van der Waals surface area (Å²) in [7, 11) is 2.73. The molecular weight excluding hydrogens is 258 g/mol. The molecule has 0 saturated heterocycles. The average molecular weight is 277 g/mol. The Morgan fingerprint density at radius 3 is 2.32 bits per heavy atom. The highest BCUT2D eigenvalue weighted by Gasteiger charge is 2.05.